The summed E-state index contributed by atoms with van der Waals surface area (Å²) < 4.78 is 5.68. The maximum Gasteiger partial charge on any atom is 0.304 e. The Balaban J connectivity index is 2.30. The van der Waals surface area contributed by atoms with Crippen LogP contribution in [0.25, 0.3) is 0 Å². The van der Waals surface area contributed by atoms with Gasteiger partial charge in [-0.1, -0.05) is 17.7 Å². The predicted molar refractivity (Wildman–Crippen MR) is 71.2 cm³/mol. The number of hydrogen-bond acceptors (Lipinski definition) is 3. The van der Waals surface area contributed by atoms with Gasteiger partial charge in [0.1, 0.15) is 12.4 Å². The molecule has 0 aliphatic heterocycles. The van der Waals surface area contributed by atoms with Crippen molar-refractivity contribution in [2.24, 2.45) is 0 Å². The minimum absolute atomic E-state index is 0.167. The van der Waals surface area contributed by atoms with Crippen LogP contribution in [-0.4, -0.2) is 42.7 Å². The molecule has 0 aliphatic rings. The van der Waals surface area contributed by atoms with E-state index in [2.05, 4.69) is 13.0 Å². The molecule has 0 aromatic heterocycles. The van der Waals surface area contributed by atoms with E-state index in [0.717, 1.165) is 17.9 Å². The molecule has 0 heterocycles. The molecule has 1 N–H and O–H groups in total. The number of rotatable bonds is 7. The summed E-state index contributed by atoms with van der Waals surface area (Å²) in [5.41, 5.74) is 2.35. The Morgan fingerprint density at radius 1 is 1.33 bits per heavy atom. The average Bonchev–Trinajstić information content (AvgIpc) is 2.29. The van der Waals surface area contributed by atoms with Gasteiger partial charge in [0.15, 0.2) is 0 Å². The lowest BCUT2D eigenvalue weighted by atomic mass is 10.1. The van der Waals surface area contributed by atoms with Crippen molar-refractivity contribution < 1.29 is 14.6 Å². The Labute approximate surface area is 108 Å². The zero-order valence-electron chi connectivity index (χ0n) is 11.3. The summed E-state index contributed by atoms with van der Waals surface area (Å²) in [6, 6.07) is 6.09. The van der Waals surface area contributed by atoms with Gasteiger partial charge in [-0.15, -0.1) is 0 Å². The Morgan fingerprint density at radius 2 is 2.06 bits per heavy atom. The van der Waals surface area contributed by atoms with Crippen molar-refractivity contribution in [3.8, 4) is 5.75 Å². The smallest absolute Gasteiger partial charge is 0.304 e. The first kappa shape index (κ1) is 14.5. The summed E-state index contributed by atoms with van der Waals surface area (Å²) in [5.74, 6) is 0.129. The molecular weight excluding hydrogens is 230 g/mol. The standard InChI is InChI=1S/C14H21NO3/c1-11-4-5-13(12(2)10-11)18-9-8-15(3)7-6-14(16)17/h4-5,10H,6-9H2,1-3H3,(H,16,17). The fourth-order valence-electron chi connectivity index (χ4n) is 1.67. The fraction of sp³-hybridized carbons (Fsp3) is 0.500. The van der Waals surface area contributed by atoms with E-state index in [9.17, 15) is 4.79 Å². The molecule has 0 saturated carbocycles. The molecule has 100 valence electrons. The van der Waals surface area contributed by atoms with Gasteiger partial charge in [0, 0.05) is 13.1 Å². The number of carboxylic acids is 1. The van der Waals surface area contributed by atoms with Crippen LogP contribution in [0.3, 0.4) is 0 Å². The van der Waals surface area contributed by atoms with E-state index in [1.54, 1.807) is 0 Å². The molecule has 1 aromatic rings. The van der Waals surface area contributed by atoms with Gasteiger partial charge in [-0.3, -0.25) is 4.79 Å². The highest BCUT2D eigenvalue weighted by molar-refractivity contribution is 5.66. The molecule has 4 nitrogen and oxygen atoms in total. The maximum absolute atomic E-state index is 10.4. The number of benzene rings is 1. The Morgan fingerprint density at radius 3 is 2.67 bits per heavy atom. The number of ether oxygens (including phenoxy) is 1. The third kappa shape index (κ3) is 5.19. The Bertz CT molecular complexity index is 404. The lowest BCUT2D eigenvalue weighted by Gasteiger charge is -2.16. The minimum Gasteiger partial charge on any atom is -0.492 e. The van der Waals surface area contributed by atoms with Crippen LogP contribution >= 0.6 is 0 Å². The van der Waals surface area contributed by atoms with E-state index in [4.69, 9.17) is 9.84 Å². The third-order valence-corrected chi connectivity index (χ3v) is 2.77. The lowest BCUT2D eigenvalue weighted by Crippen LogP contribution is -2.26. The van der Waals surface area contributed by atoms with Crippen LogP contribution in [0.4, 0.5) is 0 Å². The van der Waals surface area contributed by atoms with Crippen LogP contribution < -0.4 is 4.74 Å². The van der Waals surface area contributed by atoms with Crippen LogP contribution in [0.15, 0.2) is 18.2 Å². The zero-order valence-corrected chi connectivity index (χ0v) is 11.3. The van der Waals surface area contributed by atoms with E-state index in [0.29, 0.717) is 13.2 Å². The van der Waals surface area contributed by atoms with Gasteiger partial charge in [-0.25, -0.2) is 0 Å². The molecule has 1 aromatic carbocycles. The molecular formula is C14H21NO3. The number of aryl methyl sites for hydroxylation is 2. The normalized spacial score (nSPS) is 10.7. The molecule has 0 radical (unpaired) electrons. The summed E-state index contributed by atoms with van der Waals surface area (Å²) in [5, 5.41) is 8.57. The molecule has 0 aliphatic carbocycles. The third-order valence-electron chi connectivity index (χ3n) is 2.77. The van der Waals surface area contributed by atoms with Gasteiger partial charge in [0.25, 0.3) is 0 Å². The maximum atomic E-state index is 10.4. The van der Waals surface area contributed by atoms with Gasteiger partial charge < -0.3 is 14.7 Å². The van der Waals surface area contributed by atoms with Crippen molar-refractivity contribution in [2.75, 3.05) is 26.7 Å². The molecule has 0 spiro atoms. The summed E-state index contributed by atoms with van der Waals surface area (Å²) in [6.07, 6.45) is 0.167. The van der Waals surface area contributed by atoms with E-state index in [1.807, 2.05) is 31.0 Å². The fourth-order valence-corrected chi connectivity index (χ4v) is 1.67. The number of carboxylic acid groups (broad SMARTS) is 1. The van der Waals surface area contributed by atoms with Crippen molar-refractivity contribution in [3.63, 3.8) is 0 Å². The zero-order chi connectivity index (χ0) is 13.5. The van der Waals surface area contributed by atoms with Crippen molar-refractivity contribution in [2.45, 2.75) is 20.3 Å². The highest BCUT2D eigenvalue weighted by atomic mass is 16.5. The quantitative estimate of drug-likeness (QED) is 0.806. The van der Waals surface area contributed by atoms with Crippen LogP contribution in [-0.2, 0) is 4.79 Å². The highest BCUT2D eigenvalue weighted by Crippen LogP contribution is 2.18. The van der Waals surface area contributed by atoms with Gasteiger partial charge in [-0.05, 0) is 32.5 Å². The minimum atomic E-state index is -0.767. The molecule has 1 rings (SSSR count). The van der Waals surface area contributed by atoms with Crippen molar-refractivity contribution >= 4 is 5.97 Å². The van der Waals surface area contributed by atoms with Gasteiger partial charge in [0.2, 0.25) is 0 Å². The second kappa shape index (κ2) is 7.01. The molecule has 18 heavy (non-hydrogen) atoms. The number of likely N-dealkylation sites (N-methyl/N-ethyl adjacent to an activating group) is 1. The number of carbonyl (C=O) groups is 1. The SMILES string of the molecule is Cc1ccc(OCCN(C)CCC(=O)O)c(C)c1. The Hall–Kier alpha value is -1.55. The molecule has 0 unspecified atom stereocenters. The predicted octanol–water partition coefficient (Wildman–Crippen LogP) is 2.09. The Kier molecular flexibility index (Phi) is 5.65. The highest BCUT2D eigenvalue weighted by Gasteiger charge is 2.04. The second-order valence-electron chi connectivity index (χ2n) is 4.56. The van der Waals surface area contributed by atoms with Crippen LogP contribution in [0.2, 0.25) is 0 Å². The van der Waals surface area contributed by atoms with Crippen LogP contribution in [0, 0.1) is 13.8 Å². The monoisotopic (exact) mass is 251 g/mol. The number of hydrogen-bond donors (Lipinski definition) is 1. The van der Waals surface area contributed by atoms with Crippen LogP contribution in [0.5, 0.6) is 5.75 Å². The summed E-state index contributed by atoms with van der Waals surface area (Å²) in [4.78, 5) is 12.4. The van der Waals surface area contributed by atoms with Crippen molar-refractivity contribution in [1.29, 1.82) is 0 Å². The molecule has 0 fully saturated rings. The number of aliphatic carboxylic acids is 1. The van der Waals surface area contributed by atoms with Crippen molar-refractivity contribution in [1.82, 2.24) is 4.90 Å². The molecule has 0 saturated heterocycles. The molecule has 0 amide bonds. The van der Waals surface area contributed by atoms with Gasteiger partial charge in [-0.2, -0.15) is 0 Å². The summed E-state index contributed by atoms with van der Waals surface area (Å²) in [7, 11) is 1.90. The van der Waals surface area contributed by atoms with Crippen molar-refractivity contribution in [3.05, 3.63) is 29.3 Å². The summed E-state index contributed by atoms with van der Waals surface area (Å²) in [6.45, 7) is 5.92. The second-order valence-corrected chi connectivity index (χ2v) is 4.56. The first-order chi connectivity index (χ1) is 8.49. The first-order valence-corrected chi connectivity index (χ1v) is 6.09. The van der Waals surface area contributed by atoms with E-state index < -0.39 is 5.97 Å². The molecule has 4 heteroatoms. The largest absolute Gasteiger partial charge is 0.492 e. The van der Waals surface area contributed by atoms with E-state index >= 15 is 0 Å². The van der Waals surface area contributed by atoms with Gasteiger partial charge >= 0.3 is 5.97 Å². The van der Waals surface area contributed by atoms with Crippen LogP contribution in [0.1, 0.15) is 17.5 Å². The topological polar surface area (TPSA) is 49.8 Å². The first-order valence-electron chi connectivity index (χ1n) is 6.09. The summed E-state index contributed by atoms with van der Waals surface area (Å²) >= 11 is 0. The van der Waals surface area contributed by atoms with E-state index in [1.165, 1.54) is 5.56 Å². The number of nitrogens with zero attached hydrogens (tertiary/aromatic N) is 1. The lowest BCUT2D eigenvalue weighted by molar-refractivity contribution is -0.137. The molecule has 0 atom stereocenters. The molecule has 0 bridgehead atoms. The average molecular weight is 251 g/mol. The van der Waals surface area contributed by atoms with Gasteiger partial charge in [0.05, 0.1) is 6.42 Å². The van der Waals surface area contributed by atoms with E-state index in [-0.39, 0.29) is 6.42 Å².